The standard InChI is InChI=1S/C21H28N2O5S/c1-3-5-12-23(13-6-4-2)18-14-16(21(24)25)15-19(29(22,26)27)20(18)28-17-10-8-7-9-11-17/h7-11,14-15H,3-6,12-13H2,1-2H3,(H,24,25)(H2,22,26,27)/i1D3,2D3,3D2,4D2,5D2,6D2,12D2,13D2. The van der Waals surface area contributed by atoms with Crippen molar-refractivity contribution in [2.75, 3.05) is 17.9 Å². The van der Waals surface area contributed by atoms with Crippen LogP contribution in [0.1, 0.15) is 74.2 Å². The van der Waals surface area contributed by atoms with Gasteiger partial charge in [-0.25, -0.2) is 18.4 Å². The lowest BCUT2D eigenvalue weighted by atomic mass is 10.1. The van der Waals surface area contributed by atoms with E-state index < -0.39 is 95.0 Å². The average Bonchev–Trinajstić information content (AvgIpc) is 2.87. The second-order valence-corrected chi connectivity index (χ2v) is 6.68. The van der Waals surface area contributed by atoms with Crippen molar-refractivity contribution in [2.24, 2.45) is 5.14 Å². The smallest absolute Gasteiger partial charge is 0.335 e. The summed E-state index contributed by atoms with van der Waals surface area (Å²) in [7, 11) is -5.21. The van der Waals surface area contributed by atoms with Crippen molar-refractivity contribution in [1.29, 1.82) is 0 Å². The zero-order chi connectivity index (χ0) is 37.2. The minimum atomic E-state index is -5.21. The second kappa shape index (κ2) is 10.3. The maximum absolute atomic E-state index is 12.8. The zero-order valence-electron chi connectivity index (χ0n) is 32.6. The van der Waals surface area contributed by atoms with Gasteiger partial charge in [-0.1, -0.05) is 44.6 Å². The van der Waals surface area contributed by atoms with E-state index in [2.05, 4.69) is 0 Å². The van der Waals surface area contributed by atoms with Crippen molar-refractivity contribution in [3.63, 3.8) is 0 Å². The summed E-state index contributed by atoms with van der Waals surface area (Å²) >= 11 is 0. The molecule has 2 rings (SSSR count). The molecule has 2 aromatic carbocycles. The molecule has 0 aliphatic heterocycles. The van der Waals surface area contributed by atoms with E-state index in [0.29, 0.717) is 6.07 Å². The first-order valence-electron chi connectivity index (χ1n) is 16.6. The normalized spacial score (nSPS) is 24.3. The Bertz CT molecular complexity index is 1560. The quantitative estimate of drug-likeness (QED) is 0.543. The molecule has 2 aromatic rings. The van der Waals surface area contributed by atoms with Gasteiger partial charge >= 0.3 is 5.97 Å². The number of nitrogens with two attached hydrogens (primary N) is 1. The predicted octanol–water partition coefficient (Wildman–Crippen LogP) is 4.23. The van der Waals surface area contributed by atoms with E-state index in [-0.39, 0.29) is 11.8 Å². The van der Waals surface area contributed by atoms with Gasteiger partial charge in [-0.05, 0) is 37.0 Å². The minimum absolute atomic E-state index is 0.215. The molecule has 0 saturated heterocycles. The number of hydrogen-bond acceptors (Lipinski definition) is 5. The lowest BCUT2D eigenvalue weighted by molar-refractivity contribution is 0.0696. The number of sulfonamides is 1. The van der Waals surface area contributed by atoms with Crippen LogP contribution in [0.5, 0.6) is 11.5 Å². The Kier molecular flexibility index (Phi) is 2.93. The number of anilines is 1. The number of ether oxygens (including phenoxy) is 1. The number of rotatable bonds is 11. The van der Waals surface area contributed by atoms with Crippen molar-refractivity contribution in [1.82, 2.24) is 0 Å². The second-order valence-electron chi connectivity index (χ2n) is 5.15. The fourth-order valence-corrected chi connectivity index (χ4v) is 2.81. The Morgan fingerprint density at radius 2 is 1.79 bits per heavy atom. The number of primary sulfonamides is 1. The number of hydrogen-bond donors (Lipinski definition) is 2. The van der Waals surface area contributed by atoms with E-state index in [0.717, 1.165) is 12.1 Å². The number of aromatic carboxylic acids is 1. The monoisotopic (exact) mass is 438 g/mol. The van der Waals surface area contributed by atoms with Crippen molar-refractivity contribution in [2.45, 2.75) is 44.1 Å². The van der Waals surface area contributed by atoms with Crippen LogP contribution in [0.3, 0.4) is 0 Å². The molecule has 0 atom stereocenters. The Hall–Kier alpha value is -2.58. The molecule has 0 aliphatic carbocycles. The molecular weight excluding hydrogens is 392 g/mol. The van der Waals surface area contributed by atoms with E-state index in [4.69, 9.17) is 34.5 Å². The van der Waals surface area contributed by atoms with Gasteiger partial charge in [-0.2, -0.15) is 0 Å². The number of nitrogens with zero attached hydrogens (tertiary/aromatic N) is 1. The van der Waals surface area contributed by atoms with Gasteiger partial charge in [0.15, 0.2) is 5.75 Å². The molecule has 0 bridgehead atoms. The Morgan fingerprint density at radius 3 is 2.31 bits per heavy atom. The highest BCUT2D eigenvalue weighted by atomic mass is 32.2. The van der Waals surface area contributed by atoms with Crippen LogP contribution < -0.4 is 14.8 Å². The average molecular weight is 439 g/mol. The molecule has 8 heteroatoms. The SMILES string of the molecule is [2H]C([2H])([2H])C([2H])([2H])C([2H])([2H])C([2H])([2H])N(c1cc(C(=O)O)cc(S(N)(=O)=O)c1Oc1ccccc1)C([2H])([2H])C([2H])([2H])C([2H])([2H])C([2H])([2H])[2H]. The first-order chi connectivity index (χ1) is 20.6. The van der Waals surface area contributed by atoms with Gasteiger partial charge in [0.25, 0.3) is 0 Å². The highest BCUT2D eigenvalue weighted by Gasteiger charge is 2.26. The summed E-state index contributed by atoms with van der Waals surface area (Å²) in [5, 5.41) is 15.0. The lowest BCUT2D eigenvalue weighted by Gasteiger charge is -2.28. The van der Waals surface area contributed by atoms with Crippen LogP contribution in [0.25, 0.3) is 0 Å². The molecule has 158 valence electrons. The molecule has 0 spiro atoms. The molecule has 0 aromatic heterocycles. The molecular formula is C21H28N2O5S. The van der Waals surface area contributed by atoms with Crippen LogP contribution in [0, 0.1) is 0 Å². The summed E-state index contributed by atoms with van der Waals surface area (Å²) in [5.41, 5.74) is -2.76. The summed E-state index contributed by atoms with van der Waals surface area (Å²) in [5.74, 6) is -3.72. The Balaban J connectivity index is 3.38. The molecule has 3 N–H and O–H groups in total. The molecule has 0 aliphatic rings. The third-order valence-corrected chi connectivity index (χ3v) is 4.17. The highest BCUT2D eigenvalue weighted by Crippen LogP contribution is 2.39. The summed E-state index contributed by atoms with van der Waals surface area (Å²) in [6.07, 6.45) is -17.7. The minimum Gasteiger partial charge on any atom is -0.478 e. The van der Waals surface area contributed by atoms with E-state index in [9.17, 15) is 18.3 Å². The third-order valence-electron chi connectivity index (χ3n) is 3.25. The molecule has 7 nitrogen and oxygen atoms in total. The van der Waals surface area contributed by atoms with Crippen LogP contribution in [-0.4, -0.2) is 32.5 Å². The van der Waals surface area contributed by atoms with Crippen molar-refractivity contribution < 1.29 is 47.7 Å². The van der Waals surface area contributed by atoms with Crippen LogP contribution in [-0.2, 0) is 10.0 Å². The summed E-state index contributed by atoms with van der Waals surface area (Å²) in [6.45, 7) is -17.3. The van der Waals surface area contributed by atoms with Gasteiger partial charge in [0.05, 0.1) is 11.3 Å². The number of carbonyl (C=O) groups is 1. The zero-order valence-corrected chi connectivity index (χ0v) is 15.4. The maximum atomic E-state index is 12.8. The molecule has 0 heterocycles. The predicted molar refractivity (Wildman–Crippen MR) is 113 cm³/mol. The topological polar surface area (TPSA) is 110 Å². The maximum Gasteiger partial charge on any atom is 0.335 e. The van der Waals surface area contributed by atoms with Gasteiger partial charge in [-0.3, -0.25) is 0 Å². The number of carboxylic acid groups (broad SMARTS) is 1. The summed E-state index contributed by atoms with van der Waals surface area (Å²) in [4.78, 5) is 9.92. The van der Waals surface area contributed by atoms with Gasteiger partial charge in [-0.15, -0.1) is 0 Å². The molecule has 0 saturated carbocycles. The Morgan fingerprint density at radius 1 is 1.17 bits per heavy atom. The van der Waals surface area contributed by atoms with E-state index in [1.54, 1.807) is 0 Å². The largest absolute Gasteiger partial charge is 0.478 e. The summed E-state index contributed by atoms with van der Waals surface area (Å²) < 4.78 is 176. The van der Waals surface area contributed by atoms with Crippen molar-refractivity contribution in [3.8, 4) is 11.5 Å². The van der Waals surface area contributed by atoms with Crippen molar-refractivity contribution >= 4 is 21.7 Å². The van der Waals surface area contributed by atoms with Crippen LogP contribution in [0.15, 0.2) is 47.4 Å². The van der Waals surface area contributed by atoms with Gasteiger partial charge in [0.1, 0.15) is 10.6 Å². The van der Waals surface area contributed by atoms with Gasteiger partial charge < -0.3 is 14.7 Å². The molecule has 0 fully saturated rings. The van der Waals surface area contributed by atoms with Crippen LogP contribution >= 0.6 is 0 Å². The lowest BCUT2D eigenvalue weighted by Crippen LogP contribution is -2.27. The van der Waals surface area contributed by atoms with Crippen molar-refractivity contribution in [3.05, 3.63) is 48.0 Å². The van der Waals surface area contributed by atoms with Gasteiger partial charge in [0.2, 0.25) is 10.0 Å². The molecule has 0 unspecified atom stereocenters. The third kappa shape index (κ3) is 6.20. The molecule has 0 amide bonds. The Labute approximate surface area is 197 Å². The fraction of sp³-hybridized carbons (Fsp3) is 0.381. The van der Waals surface area contributed by atoms with Crippen LogP contribution in [0.2, 0.25) is 0 Å². The van der Waals surface area contributed by atoms with E-state index >= 15 is 0 Å². The first kappa shape index (κ1) is 8.28. The molecule has 0 radical (unpaired) electrons. The highest BCUT2D eigenvalue weighted by molar-refractivity contribution is 7.89. The fourth-order valence-electron chi connectivity index (χ4n) is 2.11. The number of para-hydroxylation sites is 1. The summed E-state index contributed by atoms with van der Waals surface area (Å²) in [6, 6.07) is 6.87. The number of carboxylic acids is 1. The van der Waals surface area contributed by atoms with E-state index in [1.807, 2.05) is 0 Å². The van der Waals surface area contributed by atoms with E-state index in [1.165, 1.54) is 18.2 Å². The van der Waals surface area contributed by atoms with Gasteiger partial charge in [0, 0.05) is 37.7 Å². The molecule has 29 heavy (non-hydrogen) atoms. The van der Waals surface area contributed by atoms with Crippen LogP contribution in [0.4, 0.5) is 5.69 Å². The number of benzene rings is 2. The first-order valence-corrected chi connectivity index (χ1v) is 9.14.